The molecule has 1 aliphatic heterocycles. The predicted octanol–water partition coefficient (Wildman–Crippen LogP) is 2.29. The van der Waals surface area contributed by atoms with E-state index in [1.165, 1.54) is 6.33 Å². The summed E-state index contributed by atoms with van der Waals surface area (Å²) in [6.45, 7) is -0.304. The maximum atomic E-state index is 11.3. The fourth-order valence-electron chi connectivity index (χ4n) is 6.71. The minimum Gasteiger partial charge on any atom is -0.394 e. The van der Waals surface area contributed by atoms with Gasteiger partial charge >= 0.3 is 0 Å². The number of fused-ring (bicyclic) bond motifs is 3. The Labute approximate surface area is 232 Å². The van der Waals surface area contributed by atoms with Gasteiger partial charge in [-0.2, -0.15) is 0 Å². The van der Waals surface area contributed by atoms with Crippen molar-refractivity contribution in [3.8, 4) is 0 Å². The van der Waals surface area contributed by atoms with Crippen molar-refractivity contribution >= 4 is 49.3 Å². The van der Waals surface area contributed by atoms with Crippen LogP contribution in [0.25, 0.3) is 43.5 Å². The molecule has 4 aromatic carbocycles. The number of anilines is 1. The van der Waals surface area contributed by atoms with Crippen molar-refractivity contribution in [3.63, 3.8) is 0 Å². The lowest BCUT2D eigenvalue weighted by atomic mass is 9.77. The van der Waals surface area contributed by atoms with Gasteiger partial charge in [0.1, 0.15) is 37.0 Å². The number of imidazole rings is 1. The molecule has 0 saturated carbocycles. The molecule has 0 bridgehead atoms. The maximum Gasteiger partial charge on any atom is 0.167 e. The van der Waals surface area contributed by atoms with Crippen LogP contribution in [0, 0.1) is 0 Å². The van der Waals surface area contributed by atoms with E-state index < -0.39 is 42.8 Å². The van der Waals surface area contributed by atoms with Crippen LogP contribution in [-0.4, -0.2) is 76.1 Å². The Morgan fingerprint density at radius 1 is 0.902 bits per heavy atom. The molecule has 7 atom stereocenters. The summed E-state index contributed by atoms with van der Waals surface area (Å²) in [5.74, 6) is 0.329. The summed E-state index contributed by atoms with van der Waals surface area (Å²) in [6, 6.07) is 15.3. The highest BCUT2D eigenvalue weighted by Crippen LogP contribution is 2.46. The number of hydrogen-bond donors (Lipinski definition) is 6. The first-order valence-corrected chi connectivity index (χ1v) is 13.6. The molecular weight excluding hydrogens is 526 g/mol. The van der Waals surface area contributed by atoms with Crippen molar-refractivity contribution in [1.29, 1.82) is 0 Å². The number of ether oxygens (including phenoxy) is 1. The van der Waals surface area contributed by atoms with Crippen LogP contribution in [0.4, 0.5) is 5.82 Å². The van der Waals surface area contributed by atoms with Gasteiger partial charge in [-0.3, -0.25) is 4.57 Å². The fourth-order valence-corrected chi connectivity index (χ4v) is 6.71. The van der Waals surface area contributed by atoms with Crippen molar-refractivity contribution in [2.45, 2.75) is 49.2 Å². The molecule has 41 heavy (non-hydrogen) atoms. The summed E-state index contributed by atoms with van der Waals surface area (Å²) in [4.78, 5) is 13.3. The van der Waals surface area contributed by atoms with E-state index in [0.717, 1.165) is 32.3 Å². The molecule has 2 unspecified atom stereocenters. The number of aliphatic hydroxyl groups excluding tert-OH is 5. The second-order valence-corrected chi connectivity index (χ2v) is 10.9. The Kier molecular flexibility index (Phi) is 5.45. The largest absolute Gasteiger partial charge is 0.394 e. The second kappa shape index (κ2) is 9.02. The molecule has 6 N–H and O–H groups in total. The van der Waals surface area contributed by atoms with Crippen LogP contribution in [0.1, 0.15) is 35.9 Å². The molecule has 208 valence electrons. The lowest BCUT2D eigenvalue weighted by Crippen LogP contribution is -2.44. The average molecular weight is 554 g/mol. The fraction of sp³-hybridized carbons (Fsp3) is 0.300. The first-order chi connectivity index (χ1) is 19.9. The van der Waals surface area contributed by atoms with Gasteiger partial charge in [0.25, 0.3) is 0 Å². The standard InChI is InChI=1S/C30H27N5O6/c36-10-19-18(37)9-20(41-19)35-12-33-25-29(31-11-32-30(25)35)34-24-23-16-7-6-14-3-1-2-13-4-5-15(22(16)21(13)14)8-17(23)26(38)28(40)27(24)39/h1-8,11-12,18-20,24,26-28,36-40H,9-10H2,(H,31,32,34)/t18?,19-,20-,24?,26-,27-,28+/m1/s1. The van der Waals surface area contributed by atoms with Crippen molar-refractivity contribution < 1.29 is 30.3 Å². The third-order valence-corrected chi connectivity index (χ3v) is 8.71. The molecule has 2 aliphatic rings. The number of aromatic nitrogens is 4. The quantitative estimate of drug-likeness (QED) is 0.178. The van der Waals surface area contributed by atoms with Gasteiger partial charge in [-0.15, -0.1) is 0 Å². The van der Waals surface area contributed by atoms with E-state index in [1.54, 1.807) is 10.9 Å². The first kappa shape index (κ1) is 24.8. The molecule has 2 aromatic heterocycles. The van der Waals surface area contributed by atoms with E-state index in [0.29, 0.717) is 28.1 Å². The Hall–Kier alpha value is -3.97. The van der Waals surface area contributed by atoms with Gasteiger partial charge in [-0.05, 0) is 49.5 Å². The number of aliphatic hydroxyl groups is 5. The Bertz CT molecular complexity index is 1930. The number of nitrogens with zero attached hydrogens (tertiary/aromatic N) is 4. The molecule has 3 heterocycles. The van der Waals surface area contributed by atoms with Crippen LogP contribution in [0.3, 0.4) is 0 Å². The minimum absolute atomic E-state index is 0.265. The summed E-state index contributed by atoms with van der Waals surface area (Å²) in [5.41, 5.74) is 2.07. The highest BCUT2D eigenvalue weighted by atomic mass is 16.5. The third-order valence-electron chi connectivity index (χ3n) is 8.71. The average Bonchev–Trinajstić information content (AvgIpc) is 3.60. The molecule has 1 saturated heterocycles. The predicted molar refractivity (Wildman–Crippen MR) is 150 cm³/mol. The number of hydrogen-bond acceptors (Lipinski definition) is 10. The van der Waals surface area contributed by atoms with E-state index in [1.807, 2.05) is 30.3 Å². The highest BCUT2D eigenvalue weighted by molar-refractivity contribution is 6.24. The number of nitrogens with one attached hydrogen (secondary N) is 1. The number of benzene rings is 4. The van der Waals surface area contributed by atoms with E-state index in [9.17, 15) is 25.5 Å². The van der Waals surface area contributed by atoms with Crippen LogP contribution in [-0.2, 0) is 4.74 Å². The van der Waals surface area contributed by atoms with Crippen molar-refractivity contribution in [2.75, 3.05) is 11.9 Å². The van der Waals surface area contributed by atoms with Gasteiger partial charge < -0.3 is 35.6 Å². The summed E-state index contributed by atoms with van der Waals surface area (Å²) < 4.78 is 7.48. The van der Waals surface area contributed by atoms with Gasteiger partial charge in [0.2, 0.25) is 0 Å². The molecule has 0 spiro atoms. The third kappa shape index (κ3) is 3.51. The molecule has 11 heteroatoms. The maximum absolute atomic E-state index is 11.3. The summed E-state index contributed by atoms with van der Waals surface area (Å²) in [5, 5.41) is 62.5. The molecule has 1 aliphatic carbocycles. The monoisotopic (exact) mass is 553 g/mol. The Morgan fingerprint density at radius 3 is 2.46 bits per heavy atom. The van der Waals surface area contributed by atoms with E-state index >= 15 is 0 Å². The van der Waals surface area contributed by atoms with E-state index in [2.05, 4.69) is 38.5 Å². The second-order valence-electron chi connectivity index (χ2n) is 10.9. The molecule has 11 nitrogen and oxygen atoms in total. The molecule has 1 fully saturated rings. The van der Waals surface area contributed by atoms with Gasteiger partial charge in [0.15, 0.2) is 17.0 Å². The Balaban J connectivity index is 1.28. The zero-order valence-electron chi connectivity index (χ0n) is 21.7. The molecule has 8 rings (SSSR count). The highest BCUT2D eigenvalue weighted by Gasteiger charge is 2.43. The zero-order valence-corrected chi connectivity index (χ0v) is 21.7. The van der Waals surface area contributed by atoms with Gasteiger partial charge in [-0.1, -0.05) is 42.5 Å². The molecule has 0 radical (unpaired) electrons. The van der Waals surface area contributed by atoms with E-state index in [-0.39, 0.29) is 13.0 Å². The lowest BCUT2D eigenvalue weighted by Gasteiger charge is -2.39. The van der Waals surface area contributed by atoms with Gasteiger partial charge in [0.05, 0.1) is 25.1 Å². The van der Waals surface area contributed by atoms with Crippen LogP contribution < -0.4 is 5.32 Å². The van der Waals surface area contributed by atoms with Crippen molar-refractivity contribution in [1.82, 2.24) is 19.5 Å². The first-order valence-electron chi connectivity index (χ1n) is 13.6. The normalized spacial score (nSPS) is 28.3. The molecule has 0 amide bonds. The smallest absolute Gasteiger partial charge is 0.167 e. The minimum atomic E-state index is -1.44. The summed E-state index contributed by atoms with van der Waals surface area (Å²) in [6.07, 6.45) is -3.00. The number of rotatable bonds is 4. The lowest BCUT2D eigenvalue weighted by molar-refractivity contribution is -0.0766. The van der Waals surface area contributed by atoms with Crippen LogP contribution in [0.2, 0.25) is 0 Å². The zero-order chi connectivity index (χ0) is 28.0. The van der Waals surface area contributed by atoms with Crippen LogP contribution in [0.5, 0.6) is 0 Å². The Morgan fingerprint density at radius 2 is 1.68 bits per heavy atom. The van der Waals surface area contributed by atoms with Crippen LogP contribution in [0.15, 0.2) is 61.2 Å². The molecule has 6 aromatic rings. The van der Waals surface area contributed by atoms with Gasteiger partial charge in [-0.25, -0.2) is 15.0 Å². The summed E-state index contributed by atoms with van der Waals surface area (Å²) >= 11 is 0. The SMILES string of the molecule is OC[C@H]1O[C@@H](n2cnc3c(NC4c5c(cc6ccc7cccc8ccc5c6c78)[C@@H](O)[C@H](O)[C@@H]4O)ncnc32)CC1O. The topological polar surface area (TPSA) is 166 Å². The van der Waals surface area contributed by atoms with Crippen LogP contribution >= 0.6 is 0 Å². The van der Waals surface area contributed by atoms with Gasteiger partial charge in [0, 0.05) is 6.42 Å². The van der Waals surface area contributed by atoms with Crippen molar-refractivity contribution in [2.24, 2.45) is 0 Å². The van der Waals surface area contributed by atoms with Crippen molar-refractivity contribution in [3.05, 3.63) is 72.3 Å². The molecular formula is C30H27N5O6. The van der Waals surface area contributed by atoms with E-state index in [4.69, 9.17) is 4.74 Å². The summed E-state index contributed by atoms with van der Waals surface area (Å²) in [7, 11) is 0.